The molecule has 0 N–H and O–H groups in total. The summed E-state index contributed by atoms with van der Waals surface area (Å²) >= 11 is 0. The minimum Gasteiger partial charge on any atom is -0.0733 e. The number of rotatable bonds is 2. The fourth-order valence-corrected chi connectivity index (χ4v) is 6.33. The van der Waals surface area contributed by atoms with Crippen molar-refractivity contribution in [3.05, 3.63) is 46.3 Å². The first-order valence-corrected chi connectivity index (χ1v) is 13.5. The van der Waals surface area contributed by atoms with Gasteiger partial charge in [0.25, 0.3) is 0 Å². The summed E-state index contributed by atoms with van der Waals surface area (Å²) in [4.78, 5) is 0. The van der Waals surface area contributed by atoms with Crippen LogP contribution in [-0.2, 0) is 0 Å². The van der Waals surface area contributed by atoms with E-state index in [2.05, 4.69) is 69.7 Å². The summed E-state index contributed by atoms with van der Waals surface area (Å²) in [5, 5.41) is 3.41. The van der Waals surface area contributed by atoms with Gasteiger partial charge in [-0.05, 0) is 5.57 Å². The van der Waals surface area contributed by atoms with Gasteiger partial charge in [0.2, 0.25) is 0 Å². The lowest BCUT2D eigenvalue weighted by molar-refractivity contribution is 0.980. The van der Waals surface area contributed by atoms with Crippen LogP contribution in [-0.4, -0.2) is 16.1 Å². The smallest absolute Gasteiger partial charge is 0.0733 e. The summed E-state index contributed by atoms with van der Waals surface area (Å²) in [5.41, 5.74) is 1.60. The third kappa shape index (κ3) is 2.33. The molecule has 0 fully saturated rings. The van der Waals surface area contributed by atoms with E-state index in [0.29, 0.717) is 5.92 Å². The molecule has 2 heteroatoms. The van der Waals surface area contributed by atoms with Gasteiger partial charge in [-0.3, -0.25) is 0 Å². The normalized spacial score (nSPS) is 24.1. The largest absolute Gasteiger partial charge is 0.0779 e. The predicted octanol–water partition coefficient (Wildman–Crippen LogP) is 4.72. The molecule has 1 unspecified atom stereocenters. The molecule has 0 amide bonds. The van der Waals surface area contributed by atoms with Gasteiger partial charge in [0.1, 0.15) is 0 Å². The van der Waals surface area contributed by atoms with Crippen molar-refractivity contribution in [2.75, 3.05) is 0 Å². The van der Waals surface area contributed by atoms with Crippen molar-refractivity contribution < 1.29 is 0 Å². The van der Waals surface area contributed by atoms with Crippen LogP contribution in [0, 0.1) is 5.92 Å². The molecule has 0 aromatic rings. The van der Waals surface area contributed by atoms with Gasteiger partial charge >= 0.3 is 0 Å². The van der Waals surface area contributed by atoms with E-state index in [9.17, 15) is 0 Å². The third-order valence-corrected chi connectivity index (χ3v) is 7.88. The maximum Gasteiger partial charge on any atom is 0.0779 e. The van der Waals surface area contributed by atoms with Crippen molar-refractivity contribution in [2.24, 2.45) is 5.92 Å². The lowest BCUT2D eigenvalue weighted by Gasteiger charge is -2.26. The van der Waals surface area contributed by atoms with E-state index in [4.69, 9.17) is 0 Å². The molecule has 0 saturated carbocycles. The van der Waals surface area contributed by atoms with E-state index in [1.807, 2.05) is 0 Å². The van der Waals surface area contributed by atoms with Crippen LogP contribution in [0.2, 0.25) is 39.3 Å². The van der Waals surface area contributed by atoms with Gasteiger partial charge in [0, 0.05) is 5.92 Å². The molecule has 2 aliphatic carbocycles. The van der Waals surface area contributed by atoms with Gasteiger partial charge in [0.15, 0.2) is 0 Å². The highest BCUT2D eigenvalue weighted by Crippen LogP contribution is 2.42. The van der Waals surface area contributed by atoms with Gasteiger partial charge in [-0.2, -0.15) is 0 Å². The maximum absolute atomic E-state index is 2.57. The van der Waals surface area contributed by atoms with Crippen molar-refractivity contribution in [1.29, 1.82) is 0 Å². The zero-order valence-electron chi connectivity index (χ0n) is 12.0. The molecule has 2 aliphatic rings. The van der Waals surface area contributed by atoms with E-state index < -0.39 is 16.1 Å². The molecule has 0 radical (unpaired) electrons. The Hall–Kier alpha value is -0.606. The van der Waals surface area contributed by atoms with E-state index in [0.717, 1.165) is 0 Å². The summed E-state index contributed by atoms with van der Waals surface area (Å²) in [5.74, 6) is 0.605. The topological polar surface area (TPSA) is 0 Å². The van der Waals surface area contributed by atoms with Crippen LogP contribution in [0.5, 0.6) is 0 Å². The monoisotopic (exact) mass is 260 g/mol. The molecule has 0 heterocycles. The molecule has 0 bridgehead atoms. The van der Waals surface area contributed by atoms with Crippen molar-refractivity contribution in [1.82, 2.24) is 0 Å². The van der Waals surface area contributed by atoms with Gasteiger partial charge in [-0.25, -0.2) is 0 Å². The number of hydrogen-bond acceptors (Lipinski definition) is 0. The van der Waals surface area contributed by atoms with Crippen LogP contribution >= 0.6 is 0 Å². The Labute approximate surface area is 108 Å². The zero-order valence-corrected chi connectivity index (χ0v) is 14.0. The Balaban J connectivity index is 2.52. The minimum atomic E-state index is -1.21. The Morgan fingerprint density at radius 1 is 0.882 bits per heavy atom. The zero-order chi connectivity index (χ0) is 12.8. The lowest BCUT2D eigenvalue weighted by atomic mass is 9.98. The Morgan fingerprint density at radius 3 is 2.06 bits per heavy atom. The molecule has 17 heavy (non-hydrogen) atoms. The Bertz CT molecular complexity index is 448. The minimum absolute atomic E-state index is 0.605. The second-order valence-corrected chi connectivity index (χ2v) is 17.3. The summed E-state index contributed by atoms with van der Waals surface area (Å²) in [6.07, 6.45) is 11.7. The maximum atomic E-state index is 2.57. The van der Waals surface area contributed by atoms with E-state index >= 15 is 0 Å². The van der Waals surface area contributed by atoms with E-state index in [-0.39, 0.29) is 0 Å². The second-order valence-electron chi connectivity index (χ2n) is 7.19. The van der Waals surface area contributed by atoms with Crippen molar-refractivity contribution in [3.63, 3.8) is 0 Å². The highest BCUT2D eigenvalue weighted by Gasteiger charge is 2.36. The van der Waals surface area contributed by atoms with Crippen molar-refractivity contribution in [3.8, 4) is 0 Å². The molecule has 92 valence electrons. The second kappa shape index (κ2) is 3.96. The third-order valence-electron chi connectivity index (χ3n) is 3.65. The summed E-state index contributed by atoms with van der Waals surface area (Å²) in [7, 11) is -2.41. The van der Waals surface area contributed by atoms with Crippen LogP contribution in [0.3, 0.4) is 0 Å². The SMILES string of the molecule is C[Si](C)(C)C1=CC([Si](C)(C)C)=C2C=CC=CC12. The molecule has 0 aromatic heterocycles. The molecular formula is C15H24Si2. The molecular weight excluding hydrogens is 236 g/mol. The van der Waals surface area contributed by atoms with Crippen LogP contribution in [0.4, 0.5) is 0 Å². The Kier molecular flexibility index (Phi) is 2.99. The average Bonchev–Trinajstić information content (AvgIpc) is 2.55. The molecule has 0 spiro atoms. The van der Waals surface area contributed by atoms with Gasteiger partial charge in [-0.1, -0.05) is 80.1 Å². The first-order valence-electron chi connectivity index (χ1n) is 6.53. The van der Waals surface area contributed by atoms with Crippen molar-refractivity contribution >= 4 is 16.1 Å². The molecule has 2 rings (SSSR count). The lowest BCUT2D eigenvalue weighted by Crippen LogP contribution is -2.27. The fraction of sp³-hybridized carbons (Fsp3) is 0.467. The van der Waals surface area contributed by atoms with Crippen molar-refractivity contribution in [2.45, 2.75) is 39.3 Å². The van der Waals surface area contributed by atoms with Crippen LogP contribution in [0.15, 0.2) is 46.3 Å². The fourth-order valence-electron chi connectivity index (χ4n) is 2.73. The number of allylic oxidation sites excluding steroid dienone is 8. The molecule has 0 aromatic carbocycles. The summed E-state index contributed by atoms with van der Waals surface area (Å²) < 4.78 is 0. The molecule has 0 nitrogen and oxygen atoms in total. The summed E-state index contributed by atoms with van der Waals surface area (Å²) in [6, 6.07) is 0. The highest BCUT2D eigenvalue weighted by atomic mass is 28.3. The van der Waals surface area contributed by atoms with E-state index in [1.54, 1.807) is 16.0 Å². The quantitative estimate of drug-likeness (QED) is 0.630. The number of fused-ring (bicyclic) bond motifs is 1. The van der Waals surface area contributed by atoms with Gasteiger partial charge in [-0.15, -0.1) is 0 Å². The first kappa shape index (κ1) is 12.8. The Morgan fingerprint density at radius 2 is 1.53 bits per heavy atom. The average molecular weight is 261 g/mol. The first-order chi connectivity index (χ1) is 7.71. The van der Waals surface area contributed by atoms with E-state index in [1.165, 1.54) is 0 Å². The van der Waals surface area contributed by atoms with Crippen LogP contribution in [0.25, 0.3) is 0 Å². The number of hydrogen-bond donors (Lipinski definition) is 0. The standard InChI is InChI=1S/C15H24Si2/c1-16(2,3)14-11-15(17(4,5)6)13-10-8-7-9-12(13)14/h7-12H,1-6H3. The molecule has 0 aliphatic heterocycles. The van der Waals surface area contributed by atoms with Crippen LogP contribution in [0.1, 0.15) is 0 Å². The van der Waals surface area contributed by atoms with Gasteiger partial charge < -0.3 is 0 Å². The summed E-state index contributed by atoms with van der Waals surface area (Å²) in [6.45, 7) is 14.8. The van der Waals surface area contributed by atoms with Gasteiger partial charge in [0.05, 0.1) is 16.1 Å². The predicted molar refractivity (Wildman–Crippen MR) is 83.6 cm³/mol. The highest BCUT2D eigenvalue weighted by molar-refractivity contribution is 6.86. The van der Waals surface area contributed by atoms with Crippen LogP contribution < -0.4 is 0 Å². The molecule has 0 saturated heterocycles. The molecule has 1 atom stereocenters.